The van der Waals surface area contributed by atoms with Crippen LogP contribution in [0.3, 0.4) is 0 Å². The number of para-hydroxylation sites is 1. The first-order valence-electron chi connectivity index (χ1n) is 7.14. The molecule has 5 heteroatoms. The lowest BCUT2D eigenvalue weighted by Gasteiger charge is -2.18. The summed E-state index contributed by atoms with van der Waals surface area (Å²) in [6.45, 7) is 4.33. The van der Waals surface area contributed by atoms with E-state index in [0.29, 0.717) is 24.2 Å². The zero-order chi connectivity index (χ0) is 15.9. The smallest absolute Gasteiger partial charge is 0.293 e. The summed E-state index contributed by atoms with van der Waals surface area (Å²) < 4.78 is 0. The van der Waals surface area contributed by atoms with Gasteiger partial charge in [-0.1, -0.05) is 29.8 Å². The molecule has 1 amide bonds. The van der Waals surface area contributed by atoms with Gasteiger partial charge in [0.05, 0.1) is 4.92 Å². The number of hydrogen-bond donors (Lipinski definition) is 0. The Kier molecular flexibility index (Phi) is 3.41. The molecule has 1 aliphatic heterocycles. The van der Waals surface area contributed by atoms with E-state index in [1.165, 1.54) is 11.0 Å². The number of nitro groups is 1. The Bertz CT molecular complexity index is 783. The van der Waals surface area contributed by atoms with Crippen LogP contribution in [0.15, 0.2) is 36.4 Å². The second-order valence-electron chi connectivity index (χ2n) is 5.57. The molecule has 2 aromatic carbocycles. The Hall–Kier alpha value is -2.69. The van der Waals surface area contributed by atoms with E-state index in [-0.39, 0.29) is 11.6 Å². The molecule has 0 saturated heterocycles. The van der Waals surface area contributed by atoms with E-state index in [0.717, 1.165) is 16.7 Å². The van der Waals surface area contributed by atoms with E-state index >= 15 is 0 Å². The lowest BCUT2D eigenvalue weighted by Crippen LogP contribution is -2.30. The van der Waals surface area contributed by atoms with Crippen LogP contribution in [0.4, 0.5) is 11.4 Å². The zero-order valence-electron chi connectivity index (χ0n) is 12.5. The highest BCUT2D eigenvalue weighted by Crippen LogP contribution is 2.37. The third-order valence-corrected chi connectivity index (χ3v) is 4.03. The van der Waals surface area contributed by atoms with Crippen LogP contribution in [0, 0.1) is 24.0 Å². The molecule has 0 radical (unpaired) electrons. The lowest BCUT2D eigenvalue weighted by molar-refractivity contribution is -0.384. The van der Waals surface area contributed by atoms with Crippen molar-refractivity contribution in [2.45, 2.75) is 20.3 Å². The van der Waals surface area contributed by atoms with Gasteiger partial charge < -0.3 is 4.90 Å². The van der Waals surface area contributed by atoms with E-state index in [4.69, 9.17) is 0 Å². The molecule has 112 valence electrons. The first-order chi connectivity index (χ1) is 10.5. The Labute approximate surface area is 128 Å². The van der Waals surface area contributed by atoms with Crippen LogP contribution in [0.2, 0.25) is 0 Å². The highest BCUT2D eigenvalue weighted by molar-refractivity contribution is 6.09. The van der Waals surface area contributed by atoms with E-state index in [9.17, 15) is 14.9 Å². The topological polar surface area (TPSA) is 63.5 Å². The SMILES string of the molecule is Cc1ccc(C(=O)N2CCc3cccc([N+](=O)[O-])c32)c(C)c1. The molecule has 0 N–H and O–H groups in total. The predicted octanol–water partition coefficient (Wildman–Crippen LogP) is 3.41. The number of nitrogens with zero attached hydrogens (tertiary/aromatic N) is 2. The van der Waals surface area contributed by atoms with Crippen molar-refractivity contribution in [3.63, 3.8) is 0 Å². The highest BCUT2D eigenvalue weighted by Gasteiger charge is 2.32. The highest BCUT2D eigenvalue weighted by atomic mass is 16.6. The van der Waals surface area contributed by atoms with Crippen LogP contribution in [-0.2, 0) is 6.42 Å². The normalized spacial score (nSPS) is 13.1. The van der Waals surface area contributed by atoms with E-state index in [1.807, 2.05) is 32.0 Å². The van der Waals surface area contributed by atoms with Gasteiger partial charge in [0, 0.05) is 18.2 Å². The molecule has 0 bridgehead atoms. The first-order valence-corrected chi connectivity index (χ1v) is 7.14. The Morgan fingerprint density at radius 2 is 2.00 bits per heavy atom. The Morgan fingerprint density at radius 3 is 2.68 bits per heavy atom. The predicted molar refractivity (Wildman–Crippen MR) is 84.4 cm³/mol. The number of rotatable bonds is 2. The van der Waals surface area contributed by atoms with Crippen molar-refractivity contribution < 1.29 is 9.72 Å². The maximum atomic E-state index is 12.8. The molecule has 0 unspecified atom stereocenters. The van der Waals surface area contributed by atoms with Crippen LogP contribution >= 0.6 is 0 Å². The summed E-state index contributed by atoms with van der Waals surface area (Å²) >= 11 is 0. The van der Waals surface area contributed by atoms with Crippen LogP contribution in [-0.4, -0.2) is 17.4 Å². The molecule has 5 nitrogen and oxygen atoms in total. The molecule has 0 fully saturated rings. The maximum absolute atomic E-state index is 12.8. The van der Waals surface area contributed by atoms with Crippen LogP contribution < -0.4 is 4.90 Å². The fourth-order valence-electron chi connectivity index (χ4n) is 2.98. The monoisotopic (exact) mass is 296 g/mol. The van der Waals surface area contributed by atoms with Gasteiger partial charge in [0.1, 0.15) is 5.69 Å². The summed E-state index contributed by atoms with van der Waals surface area (Å²) in [6.07, 6.45) is 0.646. The van der Waals surface area contributed by atoms with Crippen molar-refractivity contribution in [1.82, 2.24) is 0 Å². The molecular formula is C17H16N2O3. The van der Waals surface area contributed by atoms with Gasteiger partial charge in [-0.3, -0.25) is 14.9 Å². The molecule has 2 aromatic rings. The molecule has 22 heavy (non-hydrogen) atoms. The second kappa shape index (κ2) is 5.26. The molecule has 0 aromatic heterocycles. The van der Waals surface area contributed by atoms with E-state index in [2.05, 4.69) is 0 Å². The number of amides is 1. The van der Waals surface area contributed by atoms with Crippen molar-refractivity contribution in [1.29, 1.82) is 0 Å². The Balaban J connectivity index is 2.06. The quantitative estimate of drug-likeness (QED) is 0.630. The summed E-state index contributed by atoms with van der Waals surface area (Å²) in [4.78, 5) is 25.2. The Morgan fingerprint density at radius 1 is 1.23 bits per heavy atom. The molecule has 0 aliphatic carbocycles. The van der Waals surface area contributed by atoms with Crippen molar-refractivity contribution in [2.24, 2.45) is 0 Å². The van der Waals surface area contributed by atoms with Crippen molar-refractivity contribution in [3.8, 4) is 0 Å². The average molecular weight is 296 g/mol. The summed E-state index contributed by atoms with van der Waals surface area (Å²) in [6, 6.07) is 10.6. The number of aryl methyl sites for hydroxylation is 2. The van der Waals surface area contributed by atoms with Gasteiger partial charge >= 0.3 is 0 Å². The van der Waals surface area contributed by atoms with Gasteiger partial charge in [-0.05, 0) is 37.5 Å². The van der Waals surface area contributed by atoms with Crippen LogP contribution in [0.1, 0.15) is 27.0 Å². The van der Waals surface area contributed by atoms with Gasteiger partial charge in [0.25, 0.3) is 11.6 Å². The molecule has 3 rings (SSSR count). The number of fused-ring (bicyclic) bond motifs is 1. The third-order valence-electron chi connectivity index (χ3n) is 4.03. The molecule has 1 aliphatic rings. The van der Waals surface area contributed by atoms with Crippen LogP contribution in [0.25, 0.3) is 0 Å². The van der Waals surface area contributed by atoms with Crippen LogP contribution in [0.5, 0.6) is 0 Å². The zero-order valence-corrected chi connectivity index (χ0v) is 12.5. The number of benzene rings is 2. The lowest BCUT2D eigenvalue weighted by atomic mass is 10.0. The average Bonchev–Trinajstić information content (AvgIpc) is 2.90. The number of hydrogen-bond acceptors (Lipinski definition) is 3. The van der Waals surface area contributed by atoms with Crippen molar-refractivity contribution in [3.05, 3.63) is 68.8 Å². The third kappa shape index (κ3) is 2.24. The summed E-state index contributed by atoms with van der Waals surface area (Å²) in [7, 11) is 0. The summed E-state index contributed by atoms with van der Waals surface area (Å²) in [5.74, 6) is -0.175. The van der Waals surface area contributed by atoms with Gasteiger partial charge in [-0.25, -0.2) is 0 Å². The molecule has 0 spiro atoms. The first kappa shape index (κ1) is 14.3. The van der Waals surface area contributed by atoms with Crippen molar-refractivity contribution >= 4 is 17.3 Å². The minimum absolute atomic E-state index is 0.00638. The van der Waals surface area contributed by atoms with E-state index in [1.54, 1.807) is 12.1 Å². The number of anilines is 1. The standard InChI is InChI=1S/C17H16N2O3/c1-11-6-7-14(12(2)10-11)17(20)18-9-8-13-4-3-5-15(16(13)18)19(21)22/h3-7,10H,8-9H2,1-2H3. The molecule has 1 heterocycles. The fourth-order valence-corrected chi connectivity index (χ4v) is 2.98. The van der Waals surface area contributed by atoms with E-state index < -0.39 is 4.92 Å². The van der Waals surface area contributed by atoms with Gasteiger partial charge in [0.2, 0.25) is 0 Å². The van der Waals surface area contributed by atoms with Gasteiger partial charge in [-0.15, -0.1) is 0 Å². The summed E-state index contributed by atoms with van der Waals surface area (Å²) in [5.41, 5.74) is 3.85. The minimum Gasteiger partial charge on any atom is -0.302 e. The summed E-state index contributed by atoms with van der Waals surface area (Å²) in [5, 5.41) is 11.2. The van der Waals surface area contributed by atoms with Gasteiger partial charge in [-0.2, -0.15) is 0 Å². The number of carbonyl (C=O) groups excluding carboxylic acids is 1. The molecule has 0 atom stereocenters. The number of carbonyl (C=O) groups is 1. The fraction of sp³-hybridized carbons (Fsp3) is 0.235. The van der Waals surface area contributed by atoms with Crippen molar-refractivity contribution in [2.75, 3.05) is 11.4 Å². The number of nitro benzene ring substituents is 1. The second-order valence-corrected chi connectivity index (χ2v) is 5.57. The van der Waals surface area contributed by atoms with Gasteiger partial charge in [0.15, 0.2) is 0 Å². The molecule has 0 saturated carbocycles. The largest absolute Gasteiger partial charge is 0.302 e. The maximum Gasteiger partial charge on any atom is 0.293 e. The molecular weight excluding hydrogens is 280 g/mol. The minimum atomic E-state index is -0.424.